The molecule has 0 atom stereocenters. The summed E-state index contributed by atoms with van der Waals surface area (Å²) in [5.74, 6) is -1.11. The highest BCUT2D eigenvalue weighted by Gasteiger charge is 2.31. The summed E-state index contributed by atoms with van der Waals surface area (Å²) >= 11 is 3.31. The van der Waals surface area contributed by atoms with Gasteiger partial charge in [0.2, 0.25) is 0 Å². The van der Waals surface area contributed by atoms with E-state index in [4.69, 9.17) is 0 Å². The van der Waals surface area contributed by atoms with Crippen LogP contribution in [-0.2, 0) is 16.3 Å². The van der Waals surface area contributed by atoms with E-state index in [1.54, 1.807) is 24.3 Å². The number of likely N-dealkylation sites (tertiary alicyclic amines) is 1. The van der Waals surface area contributed by atoms with E-state index in [9.17, 15) is 17.2 Å². The summed E-state index contributed by atoms with van der Waals surface area (Å²) in [5, 5.41) is -0.393. The molecule has 3 nitrogen and oxygen atoms in total. The standard InChI is InChI=1S/C19H20BrF2NO2S/c20-15-2-1-3-18(12-15)26(24,25)17-7-10-23(11-8-17)9-6-14-4-5-16(21)13-19(14)22/h1-5,12-13,17H,6-11H2. The van der Waals surface area contributed by atoms with Gasteiger partial charge in [0.1, 0.15) is 11.6 Å². The molecular weight excluding hydrogens is 424 g/mol. The molecule has 0 N–H and O–H groups in total. The van der Waals surface area contributed by atoms with E-state index >= 15 is 0 Å². The average Bonchev–Trinajstić information content (AvgIpc) is 2.61. The third-order valence-electron chi connectivity index (χ3n) is 4.81. The van der Waals surface area contributed by atoms with Crippen LogP contribution in [0.4, 0.5) is 8.78 Å². The number of benzene rings is 2. The van der Waals surface area contributed by atoms with Crippen molar-refractivity contribution in [1.29, 1.82) is 0 Å². The van der Waals surface area contributed by atoms with Gasteiger partial charge in [0.25, 0.3) is 0 Å². The number of sulfone groups is 1. The zero-order valence-electron chi connectivity index (χ0n) is 14.2. The molecule has 26 heavy (non-hydrogen) atoms. The van der Waals surface area contributed by atoms with Gasteiger partial charge in [-0.15, -0.1) is 0 Å². The van der Waals surface area contributed by atoms with Crippen molar-refractivity contribution in [1.82, 2.24) is 4.90 Å². The number of nitrogens with zero attached hydrogens (tertiary/aromatic N) is 1. The molecule has 1 saturated heterocycles. The van der Waals surface area contributed by atoms with Crippen molar-refractivity contribution in [2.75, 3.05) is 19.6 Å². The van der Waals surface area contributed by atoms with E-state index < -0.39 is 26.7 Å². The minimum absolute atomic E-state index is 0.346. The minimum atomic E-state index is -3.34. The molecule has 0 saturated carbocycles. The highest BCUT2D eigenvalue weighted by atomic mass is 79.9. The summed E-state index contributed by atoms with van der Waals surface area (Å²) in [6.45, 7) is 1.94. The second-order valence-electron chi connectivity index (χ2n) is 6.53. The van der Waals surface area contributed by atoms with Gasteiger partial charge in [-0.3, -0.25) is 0 Å². The number of piperidine rings is 1. The van der Waals surface area contributed by atoms with Crippen LogP contribution in [0.5, 0.6) is 0 Å². The Morgan fingerprint density at radius 3 is 2.46 bits per heavy atom. The van der Waals surface area contributed by atoms with Gasteiger partial charge < -0.3 is 4.90 Å². The molecule has 0 unspecified atom stereocenters. The molecule has 1 fully saturated rings. The molecule has 2 aromatic rings. The zero-order chi connectivity index (χ0) is 18.7. The molecule has 0 radical (unpaired) electrons. The lowest BCUT2D eigenvalue weighted by Crippen LogP contribution is -2.40. The van der Waals surface area contributed by atoms with E-state index in [-0.39, 0.29) is 0 Å². The molecule has 0 amide bonds. The molecule has 7 heteroatoms. The molecular formula is C19H20BrF2NO2S. The van der Waals surface area contributed by atoms with Crippen molar-refractivity contribution in [3.63, 3.8) is 0 Å². The molecule has 0 aliphatic carbocycles. The van der Waals surface area contributed by atoms with Gasteiger partial charge in [0, 0.05) is 17.1 Å². The first-order valence-corrected chi connectivity index (χ1v) is 10.9. The summed E-state index contributed by atoms with van der Waals surface area (Å²) in [5.41, 5.74) is 0.482. The Bertz CT molecular complexity index is 881. The van der Waals surface area contributed by atoms with E-state index in [2.05, 4.69) is 20.8 Å². The number of rotatable bonds is 5. The lowest BCUT2D eigenvalue weighted by molar-refractivity contribution is 0.232. The van der Waals surface area contributed by atoms with E-state index in [0.29, 0.717) is 49.4 Å². The fraction of sp³-hybridized carbons (Fsp3) is 0.368. The van der Waals surface area contributed by atoms with E-state index in [1.165, 1.54) is 12.1 Å². The smallest absolute Gasteiger partial charge is 0.181 e. The molecule has 0 spiro atoms. The van der Waals surface area contributed by atoms with Crippen molar-refractivity contribution >= 4 is 25.8 Å². The molecule has 140 valence electrons. The van der Waals surface area contributed by atoms with Crippen LogP contribution >= 0.6 is 15.9 Å². The third kappa shape index (κ3) is 4.50. The van der Waals surface area contributed by atoms with Crippen molar-refractivity contribution < 1.29 is 17.2 Å². The molecule has 1 aliphatic rings. The van der Waals surface area contributed by atoms with Crippen LogP contribution in [0.15, 0.2) is 51.8 Å². The van der Waals surface area contributed by atoms with Crippen LogP contribution in [0.2, 0.25) is 0 Å². The third-order valence-corrected chi connectivity index (χ3v) is 7.56. The Balaban J connectivity index is 1.57. The SMILES string of the molecule is O=S(=O)(c1cccc(Br)c1)C1CCN(CCc2ccc(F)cc2F)CC1. The normalized spacial score (nSPS) is 16.7. The Hall–Kier alpha value is -1.31. The molecule has 0 aromatic heterocycles. The van der Waals surface area contributed by atoms with Crippen LogP contribution in [0, 0.1) is 11.6 Å². The van der Waals surface area contributed by atoms with Crippen LogP contribution in [-0.4, -0.2) is 38.2 Å². The van der Waals surface area contributed by atoms with Gasteiger partial charge in [0.05, 0.1) is 10.1 Å². The highest BCUT2D eigenvalue weighted by Crippen LogP contribution is 2.26. The maximum Gasteiger partial charge on any atom is 0.181 e. The number of halogens is 3. The summed E-state index contributed by atoms with van der Waals surface area (Å²) in [7, 11) is -3.34. The lowest BCUT2D eigenvalue weighted by Gasteiger charge is -2.31. The van der Waals surface area contributed by atoms with Gasteiger partial charge in [-0.25, -0.2) is 17.2 Å². The van der Waals surface area contributed by atoms with Crippen LogP contribution < -0.4 is 0 Å². The van der Waals surface area contributed by atoms with Crippen LogP contribution in [0.25, 0.3) is 0 Å². The van der Waals surface area contributed by atoms with Crippen molar-refractivity contribution in [2.45, 2.75) is 29.4 Å². The second-order valence-corrected chi connectivity index (χ2v) is 9.67. The van der Waals surface area contributed by atoms with Gasteiger partial charge in [-0.05, 0) is 62.2 Å². The quantitative estimate of drug-likeness (QED) is 0.694. The molecule has 2 aromatic carbocycles. The fourth-order valence-corrected chi connectivity index (χ4v) is 5.61. The first-order valence-electron chi connectivity index (χ1n) is 8.52. The fourth-order valence-electron chi connectivity index (χ4n) is 3.28. The summed E-state index contributed by atoms with van der Waals surface area (Å²) < 4.78 is 53.0. The summed E-state index contributed by atoms with van der Waals surface area (Å²) in [4.78, 5) is 2.48. The molecule has 1 heterocycles. The maximum atomic E-state index is 13.7. The largest absolute Gasteiger partial charge is 0.303 e. The Morgan fingerprint density at radius 1 is 1.08 bits per heavy atom. The second kappa shape index (κ2) is 8.15. The highest BCUT2D eigenvalue weighted by molar-refractivity contribution is 9.10. The monoisotopic (exact) mass is 443 g/mol. The Labute approximate surface area is 161 Å². The minimum Gasteiger partial charge on any atom is -0.303 e. The Morgan fingerprint density at radius 2 is 1.81 bits per heavy atom. The van der Waals surface area contributed by atoms with E-state index in [1.807, 2.05) is 0 Å². The van der Waals surface area contributed by atoms with Crippen molar-refractivity contribution in [3.05, 3.63) is 64.1 Å². The van der Waals surface area contributed by atoms with Crippen LogP contribution in [0.3, 0.4) is 0 Å². The van der Waals surface area contributed by atoms with Gasteiger partial charge in [-0.1, -0.05) is 28.1 Å². The maximum absolute atomic E-state index is 13.7. The average molecular weight is 444 g/mol. The van der Waals surface area contributed by atoms with Gasteiger partial charge in [-0.2, -0.15) is 0 Å². The van der Waals surface area contributed by atoms with Gasteiger partial charge >= 0.3 is 0 Å². The first kappa shape index (κ1) is 19.5. The molecule has 0 bridgehead atoms. The summed E-state index contributed by atoms with van der Waals surface area (Å²) in [6.07, 6.45) is 1.59. The number of hydrogen-bond donors (Lipinski definition) is 0. The predicted molar refractivity (Wildman–Crippen MR) is 101 cm³/mol. The Kier molecular flexibility index (Phi) is 6.10. The number of hydrogen-bond acceptors (Lipinski definition) is 3. The molecule has 1 aliphatic heterocycles. The topological polar surface area (TPSA) is 37.4 Å². The van der Waals surface area contributed by atoms with Crippen molar-refractivity contribution in [3.8, 4) is 0 Å². The van der Waals surface area contributed by atoms with Crippen LogP contribution in [0.1, 0.15) is 18.4 Å². The van der Waals surface area contributed by atoms with E-state index in [0.717, 1.165) is 10.5 Å². The predicted octanol–water partition coefficient (Wildman–Crippen LogP) is 4.21. The first-order chi connectivity index (χ1) is 12.4. The summed E-state index contributed by atoms with van der Waals surface area (Å²) in [6, 6.07) is 10.4. The molecule has 3 rings (SSSR count). The zero-order valence-corrected chi connectivity index (χ0v) is 16.6. The van der Waals surface area contributed by atoms with Gasteiger partial charge in [0.15, 0.2) is 9.84 Å². The van der Waals surface area contributed by atoms with Crippen molar-refractivity contribution in [2.24, 2.45) is 0 Å². The lowest BCUT2D eigenvalue weighted by atomic mass is 10.1.